The molecule has 1 heterocycles. The Morgan fingerprint density at radius 3 is 2.36 bits per heavy atom. The van der Waals surface area contributed by atoms with Gasteiger partial charge in [0.25, 0.3) is 0 Å². The van der Waals surface area contributed by atoms with E-state index in [1.54, 1.807) is 0 Å². The van der Waals surface area contributed by atoms with Gasteiger partial charge >= 0.3 is 0 Å². The fourth-order valence-corrected chi connectivity index (χ4v) is 2.90. The van der Waals surface area contributed by atoms with Crippen LogP contribution in [0.2, 0.25) is 0 Å². The largest absolute Gasteiger partial charge is 0.383 e. The number of carbonyl (C=O) groups excluding carboxylic acids is 1. The molecule has 1 aromatic heterocycles. The van der Waals surface area contributed by atoms with Gasteiger partial charge in [0.05, 0.1) is 5.75 Å². The van der Waals surface area contributed by atoms with Gasteiger partial charge < -0.3 is 11.5 Å². The van der Waals surface area contributed by atoms with Crippen LogP contribution < -0.4 is 11.5 Å². The molecule has 4 N–H and O–H groups in total. The maximum atomic E-state index is 12.5. The average molecular weight is 316 g/mol. The highest BCUT2D eigenvalue weighted by atomic mass is 32.2. The molecule has 0 aliphatic carbocycles. The molecule has 2 aromatic rings. The molecule has 0 saturated carbocycles. The summed E-state index contributed by atoms with van der Waals surface area (Å²) < 4.78 is 0. The SMILES string of the molecule is CCc1ccc(CC)c(C(=O)CSc2nc(N)cc(N)n2)c1. The van der Waals surface area contributed by atoms with Crippen LogP contribution in [-0.2, 0) is 12.8 Å². The number of nitrogens with zero attached hydrogens (tertiary/aromatic N) is 2. The summed E-state index contributed by atoms with van der Waals surface area (Å²) in [6, 6.07) is 7.58. The number of aromatic nitrogens is 2. The highest BCUT2D eigenvalue weighted by Gasteiger charge is 2.13. The number of hydrogen-bond acceptors (Lipinski definition) is 6. The first-order valence-corrected chi connectivity index (χ1v) is 8.19. The quantitative estimate of drug-likeness (QED) is 0.483. The van der Waals surface area contributed by atoms with Crippen LogP contribution in [0.3, 0.4) is 0 Å². The molecule has 0 radical (unpaired) electrons. The summed E-state index contributed by atoms with van der Waals surface area (Å²) in [5, 5.41) is 0.426. The fourth-order valence-electron chi connectivity index (χ4n) is 2.15. The third-order valence-electron chi connectivity index (χ3n) is 3.34. The molecule has 5 nitrogen and oxygen atoms in total. The number of carbonyl (C=O) groups is 1. The van der Waals surface area contributed by atoms with E-state index >= 15 is 0 Å². The minimum absolute atomic E-state index is 0.0711. The Morgan fingerprint density at radius 1 is 1.09 bits per heavy atom. The Labute approximate surface area is 134 Å². The van der Waals surface area contributed by atoms with Crippen molar-refractivity contribution >= 4 is 29.2 Å². The van der Waals surface area contributed by atoms with E-state index in [2.05, 4.69) is 23.0 Å². The van der Waals surface area contributed by atoms with Gasteiger partial charge in [0, 0.05) is 11.6 Å². The third-order valence-corrected chi connectivity index (χ3v) is 4.19. The van der Waals surface area contributed by atoms with Gasteiger partial charge in [-0.25, -0.2) is 9.97 Å². The molecule has 0 saturated heterocycles. The zero-order valence-electron chi connectivity index (χ0n) is 12.8. The summed E-state index contributed by atoms with van der Waals surface area (Å²) in [5.41, 5.74) is 14.3. The van der Waals surface area contributed by atoms with Crippen molar-refractivity contribution in [1.82, 2.24) is 9.97 Å². The van der Waals surface area contributed by atoms with Crippen LogP contribution in [0.25, 0.3) is 0 Å². The van der Waals surface area contributed by atoms with E-state index in [0.717, 1.165) is 29.5 Å². The van der Waals surface area contributed by atoms with Gasteiger partial charge in [-0.1, -0.05) is 37.7 Å². The van der Waals surface area contributed by atoms with E-state index in [1.165, 1.54) is 17.8 Å². The molecule has 0 aliphatic heterocycles. The molecular formula is C16H20N4OS. The number of hydrogen-bond donors (Lipinski definition) is 2. The van der Waals surface area contributed by atoms with Crippen molar-refractivity contribution in [3.05, 3.63) is 41.0 Å². The zero-order chi connectivity index (χ0) is 16.1. The Kier molecular flexibility index (Phi) is 5.38. The second kappa shape index (κ2) is 7.26. The van der Waals surface area contributed by atoms with E-state index in [1.807, 2.05) is 19.1 Å². The van der Waals surface area contributed by atoms with Crippen molar-refractivity contribution in [2.24, 2.45) is 0 Å². The Hall–Kier alpha value is -2.08. The van der Waals surface area contributed by atoms with Crippen LogP contribution in [0.15, 0.2) is 29.4 Å². The lowest BCUT2D eigenvalue weighted by atomic mass is 9.98. The Morgan fingerprint density at radius 2 is 1.77 bits per heavy atom. The summed E-state index contributed by atoms with van der Waals surface area (Å²) in [6.45, 7) is 4.12. The first-order valence-electron chi connectivity index (χ1n) is 7.21. The lowest BCUT2D eigenvalue weighted by molar-refractivity contribution is 0.102. The highest BCUT2D eigenvalue weighted by molar-refractivity contribution is 7.99. The number of aryl methyl sites for hydroxylation is 2. The normalized spacial score (nSPS) is 10.6. The van der Waals surface area contributed by atoms with E-state index in [0.29, 0.717) is 16.8 Å². The first-order chi connectivity index (χ1) is 10.5. The van der Waals surface area contributed by atoms with E-state index < -0.39 is 0 Å². The van der Waals surface area contributed by atoms with Gasteiger partial charge in [0.15, 0.2) is 10.9 Å². The van der Waals surface area contributed by atoms with Gasteiger partial charge in [-0.2, -0.15) is 0 Å². The lowest BCUT2D eigenvalue weighted by Gasteiger charge is -2.09. The minimum Gasteiger partial charge on any atom is -0.383 e. The molecule has 1 aromatic carbocycles. The molecule has 0 atom stereocenters. The summed E-state index contributed by atoms with van der Waals surface area (Å²) in [5.74, 6) is 0.958. The van der Waals surface area contributed by atoms with Gasteiger partial charge in [0.1, 0.15) is 11.6 Å². The molecule has 116 valence electrons. The van der Waals surface area contributed by atoms with Crippen LogP contribution in [-0.4, -0.2) is 21.5 Å². The smallest absolute Gasteiger partial charge is 0.191 e. The predicted octanol–water partition coefficient (Wildman–Crippen LogP) is 2.74. The van der Waals surface area contributed by atoms with Crippen molar-refractivity contribution in [1.29, 1.82) is 0 Å². The summed E-state index contributed by atoms with van der Waals surface area (Å²) in [7, 11) is 0. The number of rotatable bonds is 6. The number of ketones is 1. The number of benzene rings is 1. The van der Waals surface area contributed by atoms with E-state index in [9.17, 15) is 4.79 Å². The van der Waals surface area contributed by atoms with Crippen LogP contribution in [0.1, 0.15) is 35.3 Å². The summed E-state index contributed by atoms with van der Waals surface area (Å²) in [6.07, 6.45) is 1.74. The van der Waals surface area contributed by atoms with Crippen LogP contribution in [0.5, 0.6) is 0 Å². The molecule has 0 amide bonds. The Bertz CT molecular complexity index is 668. The van der Waals surface area contributed by atoms with E-state index in [4.69, 9.17) is 11.5 Å². The second-order valence-electron chi connectivity index (χ2n) is 4.91. The molecule has 0 unspecified atom stereocenters. The molecule has 22 heavy (non-hydrogen) atoms. The van der Waals surface area contributed by atoms with Crippen molar-refractivity contribution in [3.8, 4) is 0 Å². The molecule has 6 heteroatoms. The molecular weight excluding hydrogens is 296 g/mol. The first kappa shape index (κ1) is 16.3. The molecule has 2 rings (SSSR count). The number of anilines is 2. The summed E-state index contributed by atoms with van der Waals surface area (Å²) in [4.78, 5) is 20.6. The van der Waals surface area contributed by atoms with E-state index in [-0.39, 0.29) is 11.5 Å². The number of nitrogen functional groups attached to an aromatic ring is 2. The monoisotopic (exact) mass is 316 g/mol. The molecule has 0 aliphatic rings. The fraction of sp³-hybridized carbons (Fsp3) is 0.312. The van der Waals surface area contributed by atoms with Crippen LogP contribution in [0, 0.1) is 0 Å². The minimum atomic E-state index is 0.0711. The van der Waals surface area contributed by atoms with Crippen LogP contribution >= 0.6 is 11.8 Å². The standard InChI is InChI=1S/C16H20N4OS/c1-3-10-5-6-11(4-2)12(7-10)13(21)9-22-16-19-14(17)8-15(18)20-16/h5-8H,3-4,9H2,1-2H3,(H4,17,18,19,20). The second-order valence-corrected chi connectivity index (χ2v) is 5.85. The molecule has 0 spiro atoms. The van der Waals surface area contributed by atoms with Gasteiger partial charge in [0.2, 0.25) is 0 Å². The third kappa shape index (κ3) is 3.98. The molecule has 0 bridgehead atoms. The number of thioether (sulfide) groups is 1. The number of Topliss-reactive ketones (excluding diaryl/α,β-unsaturated/α-hetero) is 1. The maximum Gasteiger partial charge on any atom is 0.191 e. The number of nitrogens with two attached hydrogens (primary N) is 2. The lowest BCUT2D eigenvalue weighted by Crippen LogP contribution is -2.08. The highest BCUT2D eigenvalue weighted by Crippen LogP contribution is 2.20. The van der Waals surface area contributed by atoms with Crippen LogP contribution in [0.4, 0.5) is 11.6 Å². The van der Waals surface area contributed by atoms with Gasteiger partial charge in [-0.3, -0.25) is 4.79 Å². The zero-order valence-corrected chi connectivity index (χ0v) is 13.6. The van der Waals surface area contributed by atoms with Gasteiger partial charge in [-0.15, -0.1) is 0 Å². The Balaban J connectivity index is 2.15. The van der Waals surface area contributed by atoms with Crippen molar-refractivity contribution in [2.45, 2.75) is 31.8 Å². The molecule has 0 fully saturated rings. The van der Waals surface area contributed by atoms with Crippen molar-refractivity contribution in [2.75, 3.05) is 17.2 Å². The summed E-state index contributed by atoms with van der Waals surface area (Å²) >= 11 is 1.25. The topological polar surface area (TPSA) is 94.9 Å². The van der Waals surface area contributed by atoms with Gasteiger partial charge in [-0.05, 0) is 30.0 Å². The van der Waals surface area contributed by atoms with Crippen molar-refractivity contribution < 1.29 is 4.79 Å². The maximum absolute atomic E-state index is 12.5. The van der Waals surface area contributed by atoms with Crippen molar-refractivity contribution in [3.63, 3.8) is 0 Å². The average Bonchev–Trinajstić information content (AvgIpc) is 2.51. The predicted molar refractivity (Wildman–Crippen MR) is 91.1 cm³/mol.